The first-order valence-corrected chi connectivity index (χ1v) is 6.47. The first kappa shape index (κ1) is 16.7. The van der Waals surface area contributed by atoms with Crippen LogP contribution in [-0.2, 0) is 9.53 Å². The van der Waals surface area contributed by atoms with Crippen LogP contribution in [0.4, 0.5) is 4.79 Å². The topological polar surface area (TPSA) is 119 Å². The number of carboxylic acid groups (broad SMARTS) is 1. The lowest BCUT2D eigenvalue weighted by molar-refractivity contribution is -0.146. The second-order valence-corrected chi connectivity index (χ2v) is 5.44. The summed E-state index contributed by atoms with van der Waals surface area (Å²) in [7, 11) is 0. The molecule has 2 atom stereocenters. The van der Waals surface area contributed by atoms with Gasteiger partial charge in [-0.05, 0) is 13.8 Å². The van der Waals surface area contributed by atoms with Gasteiger partial charge in [0, 0.05) is 13.0 Å². The van der Waals surface area contributed by atoms with Gasteiger partial charge < -0.3 is 30.3 Å². The highest BCUT2D eigenvalue weighted by Crippen LogP contribution is 2.20. The van der Waals surface area contributed by atoms with Gasteiger partial charge >= 0.3 is 12.0 Å². The average Bonchev–Trinajstić information content (AvgIpc) is 2.36. The standard InChI is InChI=1S/C12H22N2O6/c1-12(2)7-14(5-8(6-15)20-12)11(19)13-4-3-9(16)10(17)18/h8-9,15-16H,3-7H2,1-2H3,(H,13,19)(H,17,18)/t8?,9-/m0/s1. The number of rotatable bonds is 5. The summed E-state index contributed by atoms with van der Waals surface area (Å²) in [5.41, 5.74) is -0.552. The molecule has 1 unspecified atom stereocenters. The third-order valence-electron chi connectivity index (χ3n) is 2.95. The van der Waals surface area contributed by atoms with Crippen molar-refractivity contribution in [1.29, 1.82) is 0 Å². The van der Waals surface area contributed by atoms with E-state index in [-0.39, 0.29) is 32.1 Å². The summed E-state index contributed by atoms with van der Waals surface area (Å²) in [5.74, 6) is -1.31. The summed E-state index contributed by atoms with van der Waals surface area (Å²) in [5, 5.41) is 29.3. The molecule has 1 fully saturated rings. The van der Waals surface area contributed by atoms with E-state index < -0.39 is 23.8 Å². The fourth-order valence-corrected chi connectivity index (χ4v) is 2.10. The van der Waals surface area contributed by atoms with Crippen molar-refractivity contribution in [2.24, 2.45) is 0 Å². The maximum Gasteiger partial charge on any atom is 0.332 e. The Morgan fingerprint density at radius 2 is 2.15 bits per heavy atom. The average molecular weight is 290 g/mol. The van der Waals surface area contributed by atoms with Crippen molar-refractivity contribution in [3.8, 4) is 0 Å². The first-order chi connectivity index (χ1) is 9.25. The summed E-state index contributed by atoms with van der Waals surface area (Å²) in [6, 6.07) is -0.364. The fourth-order valence-electron chi connectivity index (χ4n) is 2.10. The van der Waals surface area contributed by atoms with Crippen molar-refractivity contribution in [2.45, 2.75) is 38.1 Å². The Hall–Kier alpha value is -1.38. The molecular weight excluding hydrogens is 268 g/mol. The fraction of sp³-hybridized carbons (Fsp3) is 0.833. The number of hydrogen-bond acceptors (Lipinski definition) is 5. The lowest BCUT2D eigenvalue weighted by atomic mass is 10.1. The molecule has 1 heterocycles. The zero-order valence-corrected chi connectivity index (χ0v) is 11.7. The summed E-state index contributed by atoms with van der Waals surface area (Å²) >= 11 is 0. The number of aliphatic carboxylic acids is 1. The van der Waals surface area contributed by atoms with Crippen molar-refractivity contribution in [3.05, 3.63) is 0 Å². The van der Waals surface area contributed by atoms with Crippen molar-refractivity contribution in [1.82, 2.24) is 10.2 Å². The van der Waals surface area contributed by atoms with E-state index in [9.17, 15) is 9.59 Å². The minimum Gasteiger partial charge on any atom is -0.479 e. The summed E-state index contributed by atoms with van der Waals surface area (Å²) in [4.78, 5) is 23.9. The van der Waals surface area contributed by atoms with Crippen LogP contribution < -0.4 is 5.32 Å². The number of morpholine rings is 1. The van der Waals surface area contributed by atoms with E-state index >= 15 is 0 Å². The molecule has 0 aromatic carbocycles. The van der Waals surface area contributed by atoms with Gasteiger partial charge in [-0.1, -0.05) is 0 Å². The van der Waals surface area contributed by atoms with E-state index in [4.69, 9.17) is 20.1 Å². The van der Waals surface area contributed by atoms with Crippen molar-refractivity contribution >= 4 is 12.0 Å². The second kappa shape index (κ2) is 6.87. The number of carbonyl (C=O) groups excluding carboxylic acids is 1. The van der Waals surface area contributed by atoms with Gasteiger partial charge in [-0.25, -0.2) is 9.59 Å². The number of aliphatic hydroxyl groups excluding tert-OH is 2. The van der Waals surface area contributed by atoms with Crippen LogP contribution in [0.5, 0.6) is 0 Å². The minimum absolute atomic E-state index is 0.0573. The van der Waals surface area contributed by atoms with Crippen molar-refractivity contribution in [3.63, 3.8) is 0 Å². The normalized spacial score (nSPS) is 23.2. The Balaban J connectivity index is 2.44. The van der Waals surface area contributed by atoms with Crippen LogP contribution in [-0.4, -0.2) is 76.3 Å². The van der Waals surface area contributed by atoms with Gasteiger partial charge in [0.2, 0.25) is 0 Å². The van der Waals surface area contributed by atoms with Gasteiger partial charge in [-0.2, -0.15) is 0 Å². The summed E-state index contributed by atoms with van der Waals surface area (Å²) in [6.45, 7) is 4.18. The monoisotopic (exact) mass is 290 g/mol. The van der Waals surface area contributed by atoms with E-state index in [0.29, 0.717) is 6.54 Å². The Morgan fingerprint density at radius 1 is 1.50 bits per heavy atom. The molecular formula is C12H22N2O6. The highest BCUT2D eigenvalue weighted by Gasteiger charge is 2.35. The minimum atomic E-state index is -1.48. The molecule has 0 spiro atoms. The number of nitrogens with one attached hydrogen (secondary N) is 1. The quantitative estimate of drug-likeness (QED) is 0.516. The number of amides is 2. The number of carbonyl (C=O) groups is 2. The Kier molecular flexibility index (Phi) is 5.73. The van der Waals surface area contributed by atoms with Gasteiger partial charge in [0.05, 0.1) is 31.4 Å². The summed E-state index contributed by atoms with van der Waals surface area (Å²) in [6.07, 6.45) is -1.98. The number of aliphatic hydroxyl groups is 2. The number of hydrogen-bond donors (Lipinski definition) is 4. The number of ether oxygens (including phenoxy) is 1. The molecule has 20 heavy (non-hydrogen) atoms. The Bertz CT molecular complexity index is 360. The van der Waals surface area contributed by atoms with Crippen LogP contribution in [0.2, 0.25) is 0 Å². The second-order valence-electron chi connectivity index (χ2n) is 5.44. The molecule has 116 valence electrons. The molecule has 8 nitrogen and oxygen atoms in total. The molecule has 1 rings (SSSR count). The van der Waals surface area contributed by atoms with Crippen LogP contribution >= 0.6 is 0 Å². The Morgan fingerprint density at radius 3 is 2.70 bits per heavy atom. The highest BCUT2D eigenvalue weighted by atomic mass is 16.5. The largest absolute Gasteiger partial charge is 0.479 e. The molecule has 4 N–H and O–H groups in total. The molecule has 0 bridgehead atoms. The third kappa shape index (κ3) is 4.95. The predicted molar refractivity (Wildman–Crippen MR) is 69.3 cm³/mol. The lowest BCUT2D eigenvalue weighted by Crippen LogP contribution is -2.57. The van der Waals surface area contributed by atoms with Gasteiger partial charge in [-0.3, -0.25) is 0 Å². The molecule has 0 saturated carbocycles. The highest BCUT2D eigenvalue weighted by molar-refractivity contribution is 5.75. The molecule has 1 aliphatic heterocycles. The van der Waals surface area contributed by atoms with Gasteiger partial charge in [0.25, 0.3) is 0 Å². The Labute approximate surface area is 117 Å². The zero-order valence-electron chi connectivity index (χ0n) is 11.7. The van der Waals surface area contributed by atoms with E-state index in [1.165, 1.54) is 4.90 Å². The third-order valence-corrected chi connectivity index (χ3v) is 2.95. The molecule has 0 aliphatic carbocycles. The maximum atomic E-state index is 11.9. The van der Waals surface area contributed by atoms with Crippen LogP contribution in [0.25, 0.3) is 0 Å². The van der Waals surface area contributed by atoms with Crippen LogP contribution in [0.15, 0.2) is 0 Å². The molecule has 1 saturated heterocycles. The predicted octanol–water partition coefficient (Wildman–Crippen LogP) is -0.997. The number of nitrogens with zero attached hydrogens (tertiary/aromatic N) is 1. The van der Waals surface area contributed by atoms with Crippen LogP contribution in [0.1, 0.15) is 20.3 Å². The maximum absolute atomic E-state index is 11.9. The van der Waals surface area contributed by atoms with E-state index in [0.717, 1.165) is 0 Å². The summed E-state index contributed by atoms with van der Waals surface area (Å²) < 4.78 is 5.59. The van der Waals surface area contributed by atoms with Gasteiger partial charge in [-0.15, -0.1) is 0 Å². The molecule has 0 aromatic heterocycles. The smallest absolute Gasteiger partial charge is 0.332 e. The molecule has 1 aliphatic rings. The van der Waals surface area contributed by atoms with E-state index in [2.05, 4.69) is 5.32 Å². The van der Waals surface area contributed by atoms with Gasteiger partial charge in [0.1, 0.15) is 0 Å². The SMILES string of the molecule is CC1(C)CN(C(=O)NCC[C@H](O)C(=O)O)CC(CO)O1. The van der Waals surface area contributed by atoms with E-state index in [1.807, 2.05) is 13.8 Å². The van der Waals surface area contributed by atoms with Crippen LogP contribution in [0.3, 0.4) is 0 Å². The van der Waals surface area contributed by atoms with Crippen molar-refractivity contribution < 1.29 is 29.6 Å². The number of urea groups is 1. The zero-order chi connectivity index (χ0) is 15.3. The van der Waals surface area contributed by atoms with Crippen molar-refractivity contribution in [2.75, 3.05) is 26.2 Å². The van der Waals surface area contributed by atoms with Crippen LogP contribution in [0, 0.1) is 0 Å². The van der Waals surface area contributed by atoms with Gasteiger partial charge in [0.15, 0.2) is 6.10 Å². The molecule has 0 aromatic rings. The van der Waals surface area contributed by atoms with E-state index in [1.54, 1.807) is 0 Å². The lowest BCUT2D eigenvalue weighted by Gasteiger charge is -2.42. The molecule has 0 radical (unpaired) electrons. The number of carboxylic acids is 1. The molecule has 2 amide bonds. The first-order valence-electron chi connectivity index (χ1n) is 6.47. The molecule has 8 heteroatoms.